The molecule has 3 aliphatic heterocycles. The number of anilines is 1. The molecule has 0 aromatic heterocycles. The quantitative estimate of drug-likeness (QED) is 0.475. The molecule has 6 nitrogen and oxygen atoms in total. The van der Waals surface area contributed by atoms with E-state index in [9.17, 15) is 35.3 Å². The third kappa shape index (κ3) is 6.47. The number of piperidine rings is 1. The van der Waals surface area contributed by atoms with Crippen LogP contribution in [-0.2, 0) is 22.1 Å². The molecule has 0 bridgehead atoms. The maximum Gasteiger partial charge on any atom is 0.434 e. The molecule has 4 rings (SSSR count). The Balaban J connectivity index is 1.43. The molecule has 1 amide bonds. The Bertz CT molecular complexity index is 992. The summed E-state index contributed by atoms with van der Waals surface area (Å²) in [4.78, 5) is 17.6. The predicted octanol–water partition coefficient (Wildman–Crippen LogP) is 4.97. The largest absolute Gasteiger partial charge is 0.434 e. The van der Waals surface area contributed by atoms with Crippen LogP contribution in [-0.4, -0.2) is 88.3 Å². The van der Waals surface area contributed by atoms with Crippen LogP contribution in [0.3, 0.4) is 0 Å². The summed E-state index contributed by atoms with van der Waals surface area (Å²) in [7, 11) is -0.833. The van der Waals surface area contributed by atoms with E-state index < -0.39 is 35.3 Å². The second-order valence-corrected chi connectivity index (χ2v) is 11.8. The molecule has 3 fully saturated rings. The first-order valence-electron chi connectivity index (χ1n) is 12.0. The summed E-state index contributed by atoms with van der Waals surface area (Å²) in [6.45, 7) is 2.67. The van der Waals surface area contributed by atoms with Gasteiger partial charge in [-0.1, -0.05) is 17.7 Å². The topological polar surface area (TPSA) is 53.1 Å². The van der Waals surface area contributed by atoms with Crippen molar-refractivity contribution in [2.45, 2.75) is 56.2 Å². The zero-order valence-electron chi connectivity index (χ0n) is 19.9. The third-order valence-electron chi connectivity index (χ3n) is 7.43. The summed E-state index contributed by atoms with van der Waals surface area (Å²) < 4.78 is 92.5. The highest BCUT2D eigenvalue weighted by atomic mass is 35.5. The number of hydrogen-bond acceptors (Lipinski definition) is 5. The van der Waals surface area contributed by atoms with Crippen molar-refractivity contribution in [2.75, 3.05) is 49.1 Å². The summed E-state index contributed by atoms with van der Waals surface area (Å²) in [5, 5.41) is 0.587. The highest BCUT2D eigenvalue weighted by Crippen LogP contribution is 2.41. The lowest BCUT2D eigenvalue weighted by Gasteiger charge is -2.45. The number of hydrogen-bond donors (Lipinski definition) is 0. The number of carbonyl (C=O) groups is 1. The van der Waals surface area contributed by atoms with Gasteiger partial charge in [-0.15, -0.1) is 0 Å². The number of ether oxygens (including phenoxy) is 1. The number of nitrogens with zero attached hydrogens (tertiary/aromatic N) is 3. The lowest BCUT2D eigenvalue weighted by atomic mass is 9.84. The minimum absolute atomic E-state index is 0.00316. The summed E-state index contributed by atoms with van der Waals surface area (Å²) in [5.41, 5.74) is 1.70. The van der Waals surface area contributed by atoms with Gasteiger partial charge in [-0.05, 0) is 49.9 Å². The SMILES string of the molecule is O=C(OC(C(F)(F)F)C(F)(F)F)N1CCC2(CCCN2Cc2ccc(Cl)cc2N2CCS(=O)CC2)CC1. The van der Waals surface area contributed by atoms with Gasteiger partial charge in [0.1, 0.15) is 0 Å². The first-order chi connectivity index (χ1) is 17.3. The Hall–Kier alpha value is -1.73. The van der Waals surface area contributed by atoms with Gasteiger partial charge in [0.15, 0.2) is 0 Å². The fraction of sp³-hybridized carbons (Fsp3) is 0.696. The predicted molar refractivity (Wildman–Crippen MR) is 127 cm³/mol. The molecule has 3 heterocycles. The van der Waals surface area contributed by atoms with Gasteiger partial charge < -0.3 is 14.5 Å². The average molecular weight is 576 g/mol. The second-order valence-electron chi connectivity index (χ2n) is 9.69. The minimum Gasteiger partial charge on any atom is -0.426 e. The van der Waals surface area contributed by atoms with Gasteiger partial charge >= 0.3 is 18.4 Å². The van der Waals surface area contributed by atoms with E-state index in [1.165, 1.54) is 0 Å². The molecule has 0 N–H and O–H groups in total. The molecule has 1 aromatic carbocycles. The van der Waals surface area contributed by atoms with Crippen molar-refractivity contribution in [1.29, 1.82) is 0 Å². The Morgan fingerprint density at radius 3 is 2.22 bits per heavy atom. The van der Waals surface area contributed by atoms with E-state index in [-0.39, 0.29) is 18.6 Å². The van der Waals surface area contributed by atoms with E-state index in [0.717, 1.165) is 35.5 Å². The number of alkyl halides is 6. The van der Waals surface area contributed by atoms with E-state index in [2.05, 4.69) is 14.5 Å². The molecule has 208 valence electrons. The lowest BCUT2D eigenvalue weighted by molar-refractivity contribution is -0.308. The van der Waals surface area contributed by atoms with Gasteiger partial charge in [0, 0.05) is 71.3 Å². The Kier molecular flexibility index (Phi) is 8.25. The van der Waals surface area contributed by atoms with Crippen LogP contribution in [0.2, 0.25) is 5.02 Å². The summed E-state index contributed by atoms with van der Waals surface area (Å²) >= 11 is 6.27. The van der Waals surface area contributed by atoms with Gasteiger partial charge in [-0.25, -0.2) is 4.79 Å². The number of carbonyl (C=O) groups excluding carboxylic acids is 1. The van der Waals surface area contributed by atoms with Crippen LogP contribution in [0, 0.1) is 0 Å². The van der Waals surface area contributed by atoms with E-state index in [0.29, 0.717) is 49.0 Å². The van der Waals surface area contributed by atoms with Gasteiger partial charge in [0.2, 0.25) is 0 Å². The zero-order valence-corrected chi connectivity index (χ0v) is 21.5. The van der Waals surface area contributed by atoms with Gasteiger partial charge in [0.05, 0.1) is 0 Å². The van der Waals surface area contributed by atoms with Crippen LogP contribution >= 0.6 is 11.6 Å². The maximum absolute atomic E-state index is 12.8. The summed E-state index contributed by atoms with van der Waals surface area (Å²) in [5.74, 6) is 1.16. The molecule has 3 saturated heterocycles. The van der Waals surface area contributed by atoms with Gasteiger partial charge in [0.25, 0.3) is 6.10 Å². The standard InChI is InChI=1S/C23H28ClF6N3O3S/c24-17-3-2-16(18(14-17)31-10-12-37(35)13-11-31)15-33-7-1-4-21(33)5-8-32(9-6-21)20(34)36-19(22(25,26)27)23(28,29)30/h2-3,14,19H,1,4-13,15H2. The van der Waals surface area contributed by atoms with E-state index in [1.807, 2.05) is 18.2 Å². The van der Waals surface area contributed by atoms with Crippen molar-refractivity contribution < 1.29 is 40.1 Å². The van der Waals surface area contributed by atoms with E-state index in [4.69, 9.17) is 11.6 Å². The molecule has 14 heteroatoms. The lowest BCUT2D eigenvalue weighted by Crippen LogP contribution is -2.54. The molecule has 0 saturated carbocycles. The normalized spacial score (nSPS) is 21.7. The van der Waals surface area contributed by atoms with Crippen molar-refractivity contribution >= 4 is 34.2 Å². The minimum atomic E-state index is -5.74. The fourth-order valence-electron chi connectivity index (χ4n) is 5.46. The summed E-state index contributed by atoms with van der Waals surface area (Å²) in [6.07, 6.45) is -14.7. The van der Waals surface area contributed by atoms with Gasteiger partial charge in [-0.3, -0.25) is 9.11 Å². The van der Waals surface area contributed by atoms with Crippen LogP contribution in [0.5, 0.6) is 0 Å². The third-order valence-corrected chi connectivity index (χ3v) is 8.94. The van der Waals surface area contributed by atoms with Crippen molar-refractivity contribution in [3.05, 3.63) is 28.8 Å². The molecule has 0 aliphatic carbocycles. The van der Waals surface area contributed by atoms with Crippen molar-refractivity contribution in [2.24, 2.45) is 0 Å². The Morgan fingerprint density at radius 1 is 1.00 bits per heavy atom. The van der Waals surface area contributed by atoms with Crippen LogP contribution in [0.1, 0.15) is 31.2 Å². The highest BCUT2D eigenvalue weighted by Gasteiger charge is 2.60. The molecule has 1 aromatic rings. The van der Waals surface area contributed by atoms with Crippen LogP contribution < -0.4 is 4.90 Å². The highest BCUT2D eigenvalue weighted by molar-refractivity contribution is 7.85. The first kappa shape index (κ1) is 28.3. The first-order valence-corrected chi connectivity index (χ1v) is 13.9. The Morgan fingerprint density at radius 2 is 1.62 bits per heavy atom. The molecular weight excluding hydrogens is 548 g/mol. The fourth-order valence-corrected chi connectivity index (χ4v) is 6.68. The smallest absolute Gasteiger partial charge is 0.426 e. The van der Waals surface area contributed by atoms with E-state index >= 15 is 0 Å². The van der Waals surface area contributed by atoms with Crippen molar-refractivity contribution in [3.8, 4) is 0 Å². The Labute approximate surface area is 218 Å². The molecule has 1 spiro atoms. The number of halogens is 7. The molecule has 0 atom stereocenters. The van der Waals surface area contributed by atoms with E-state index in [1.54, 1.807) is 0 Å². The van der Waals surface area contributed by atoms with Crippen LogP contribution in [0.4, 0.5) is 36.8 Å². The van der Waals surface area contributed by atoms with Crippen LogP contribution in [0.15, 0.2) is 18.2 Å². The second kappa shape index (κ2) is 10.8. The number of amides is 1. The molecule has 3 aliphatic rings. The maximum atomic E-state index is 12.8. The molecule has 37 heavy (non-hydrogen) atoms. The number of benzene rings is 1. The van der Waals surface area contributed by atoms with Crippen molar-refractivity contribution in [3.63, 3.8) is 0 Å². The number of rotatable bonds is 4. The average Bonchev–Trinajstić information content (AvgIpc) is 3.19. The monoisotopic (exact) mass is 575 g/mol. The van der Waals surface area contributed by atoms with Crippen LogP contribution in [0.25, 0.3) is 0 Å². The zero-order chi connectivity index (χ0) is 27.0. The summed E-state index contributed by atoms with van der Waals surface area (Å²) in [6, 6.07) is 5.65. The molecule has 0 radical (unpaired) electrons. The van der Waals surface area contributed by atoms with Crippen molar-refractivity contribution in [1.82, 2.24) is 9.80 Å². The number of likely N-dealkylation sites (tertiary alicyclic amines) is 2. The molecular formula is C23H28ClF6N3O3S. The van der Waals surface area contributed by atoms with Gasteiger partial charge in [-0.2, -0.15) is 26.3 Å². The molecule has 0 unspecified atom stereocenters.